The quantitative estimate of drug-likeness (QED) is 0.635. The summed E-state index contributed by atoms with van der Waals surface area (Å²) in [6.45, 7) is 4.99. The van der Waals surface area contributed by atoms with Crippen LogP contribution in [0.1, 0.15) is 46.0 Å². The molecule has 0 bridgehead atoms. The molecule has 0 aliphatic heterocycles. The van der Waals surface area contributed by atoms with Gasteiger partial charge in [-0.25, -0.2) is 0 Å². The third kappa shape index (κ3) is 4.05. The number of benzene rings is 1. The van der Waals surface area contributed by atoms with Gasteiger partial charge in [-0.3, -0.25) is 0 Å². The number of nitrogens with one attached hydrogen (secondary N) is 1. The Morgan fingerprint density at radius 1 is 1.26 bits per heavy atom. The van der Waals surface area contributed by atoms with Gasteiger partial charge < -0.3 is 15.8 Å². The highest BCUT2D eigenvalue weighted by atomic mass is 16.5. The number of rotatable bonds is 4. The van der Waals surface area contributed by atoms with Crippen LogP contribution in [-0.4, -0.2) is 12.6 Å². The van der Waals surface area contributed by atoms with Gasteiger partial charge in [0.15, 0.2) is 0 Å². The highest BCUT2D eigenvalue weighted by molar-refractivity contribution is 5.61. The predicted octanol–water partition coefficient (Wildman–Crippen LogP) is 4.05. The van der Waals surface area contributed by atoms with Gasteiger partial charge in [0.05, 0.1) is 12.3 Å². The van der Waals surface area contributed by atoms with Gasteiger partial charge in [0.2, 0.25) is 0 Å². The Bertz CT molecular complexity index is 406. The molecule has 0 saturated heterocycles. The zero-order valence-electron chi connectivity index (χ0n) is 12.1. The van der Waals surface area contributed by atoms with Crippen LogP contribution >= 0.6 is 0 Å². The highest BCUT2D eigenvalue weighted by Gasteiger charge is 2.16. The lowest BCUT2D eigenvalue weighted by Gasteiger charge is -2.19. The summed E-state index contributed by atoms with van der Waals surface area (Å²) >= 11 is 0. The third-order valence-electron chi connectivity index (χ3n) is 3.94. The first-order chi connectivity index (χ1) is 9.19. The van der Waals surface area contributed by atoms with Crippen molar-refractivity contribution in [3.8, 4) is 5.75 Å². The van der Waals surface area contributed by atoms with Gasteiger partial charge in [0, 0.05) is 17.8 Å². The zero-order chi connectivity index (χ0) is 13.7. The third-order valence-corrected chi connectivity index (χ3v) is 3.94. The summed E-state index contributed by atoms with van der Waals surface area (Å²) in [6.07, 6.45) is 6.54. The van der Waals surface area contributed by atoms with Crippen LogP contribution in [0.5, 0.6) is 5.75 Å². The first-order valence-electron chi connectivity index (χ1n) is 7.48. The van der Waals surface area contributed by atoms with E-state index in [0.717, 1.165) is 17.4 Å². The lowest BCUT2D eigenvalue weighted by Crippen LogP contribution is -2.18. The number of ether oxygens (including phenoxy) is 1. The molecule has 1 aliphatic rings. The Morgan fingerprint density at radius 2 is 2.11 bits per heavy atom. The largest absolute Gasteiger partial charge is 0.492 e. The summed E-state index contributed by atoms with van der Waals surface area (Å²) in [5.74, 6) is 1.66. The van der Waals surface area contributed by atoms with E-state index in [4.69, 9.17) is 10.5 Å². The predicted molar refractivity (Wildman–Crippen MR) is 81.7 cm³/mol. The van der Waals surface area contributed by atoms with Gasteiger partial charge in [-0.2, -0.15) is 0 Å². The Balaban J connectivity index is 2.00. The van der Waals surface area contributed by atoms with Crippen LogP contribution in [0.2, 0.25) is 0 Å². The molecule has 3 nitrogen and oxygen atoms in total. The van der Waals surface area contributed by atoms with Gasteiger partial charge in [-0.05, 0) is 44.2 Å². The molecule has 0 amide bonds. The molecule has 0 radical (unpaired) electrons. The number of nitrogens with two attached hydrogens (primary N) is 1. The molecular formula is C16H26N2O. The molecule has 0 heterocycles. The van der Waals surface area contributed by atoms with Crippen molar-refractivity contribution in [3.63, 3.8) is 0 Å². The smallest absolute Gasteiger partial charge is 0.144 e. The Morgan fingerprint density at radius 3 is 2.89 bits per heavy atom. The first-order valence-corrected chi connectivity index (χ1v) is 7.48. The summed E-state index contributed by atoms with van der Waals surface area (Å²) in [6, 6.07) is 6.58. The van der Waals surface area contributed by atoms with Crippen LogP contribution in [0.25, 0.3) is 0 Å². The van der Waals surface area contributed by atoms with E-state index in [0.29, 0.717) is 18.3 Å². The summed E-state index contributed by atoms with van der Waals surface area (Å²) in [5, 5.41) is 3.63. The summed E-state index contributed by atoms with van der Waals surface area (Å²) in [4.78, 5) is 0. The van der Waals surface area contributed by atoms with Crippen LogP contribution in [-0.2, 0) is 0 Å². The monoisotopic (exact) mass is 262 g/mol. The van der Waals surface area contributed by atoms with Crippen molar-refractivity contribution >= 4 is 11.4 Å². The van der Waals surface area contributed by atoms with Crippen LogP contribution in [0.4, 0.5) is 11.4 Å². The molecule has 19 heavy (non-hydrogen) atoms. The average Bonchev–Trinajstić information content (AvgIpc) is 2.59. The maximum atomic E-state index is 5.90. The molecule has 1 saturated carbocycles. The summed E-state index contributed by atoms with van der Waals surface area (Å²) in [5.41, 5.74) is 7.73. The molecule has 1 aromatic rings. The van der Waals surface area contributed by atoms with E-state index in [1.54, 1.807) is 0 Å². The Labute approximate surface area is 116 Å². The van der Waals surface area contributed by atoms with Gasteiger partial charge in [0.25, 0.3) is 0 Å². The second kappa shape index (κ2) is 6.69. The van der Waals surface area contributed by atoms with E-state index in [1.807, 2.05) is 25.1 Å². The van der Waals surface area contributed by atoms with E-state index in [1.165, 1.54) is 32.1 Å². The molecule has 1 fully saturated rings. The van der Waals surface area contributed by atoms with Crippen molar-refractivity contribution in [3.05, 3.63) is 18.2 Å². The number of nitrogen functional groups attached to an aromatic ring is 1. The van der Waals surface area contributed by atoms with Crippen molar-refractivity contribution in [1.82, 2.24) is 0 Å². The number of hydrogen-bond donors (Lipinski definition) is 2. The second-order valence-corrected chi connectivity index (χ2v) is 5.64. The molecule has 1 aliphatic carbocycles. The lowest BCUT2D eigenvalue weighted by molar-refractivity contribution is 0.342. The highest BCUT2D eigenvalue weighted by Crippen LogP contribution is 2.29. The summed E-state index contributed by atoms with van der Waals surface area (Å²) < 4.78 is 5.54. The molecule has 3 N–H and O–H groups in total. The van der Waals surface area contributed by atoms with E-state index < -0.39 is 0 Å². The SMILES string of the molecule is CCOc1cc(NC2CCCC(C)CC2)ccc1N. The van der Waals surface area contributed by atoms with Crippen molar-refractivity contribution < 1.29 is 4.74 Å². The van der Waals surface area contributed by atoms with Crippen LogP contribution in [0.3, 0.4) is 0 Å². The van der Waals surface area contributed by atoms with Gasteiger partial charge in [0.1, 0.15) is 5.75 Å². The Kier molecular flexibility index (Phi) is 4.94. The van der Waals surface area contributed by atoms with Gasteiger partial charge in [-0.15, -0.1) is 0 Å². The topological polar surface area (TPSA) is 47.3 Å². The van der Waals surface area contributed by atoms with E-state index in [9.17, 15) is 0 Å². The van der Waals surface area contributed by atoms with E-state index >= 15 is 0 Å². The number of anilines is 2. The first kappa shape index (κ1) is 14.0. The molecule has 3 heteroatoms. The molecule has 106 valence electrons. The van der Waals surface area contributed by atoms with Gasteiger partial charge in [-0.1, -0.05) is 19.8 Å². The van der Waals surface area contributed by atoms with Crippen LogP contribution in [0.15, 0.2) is 18.2 Å². The molecule has 2 unspecified atom stereocenters. The molecule has 1 aromatic carbocycles. The number of hydrogen-bond acceptors (Lipinski definition) is 3. The van der Waals surface area contributed by atoms with Crippen LogP contribution in [0, 0.1) is 5.92 Å². The fraction of sp³-hybridized carbons (Fsp3) is 0.625. The minimum Gasteiger partial charge on any atom is -0.492 e. The molecule has 2 atom stereocenters. The van der Waals surface area contributed by atoms with Crippen LogP contribution < -0.4 is 15.8 Å². The zero-order valence-corrected chi connectivity index (χ0v) is 12.1. The minimum atomic E-state index is 0.586. The van der Waals surface area contributed by atoms with Crippen molar-refractivity contribution in [2.24, 2.45) is 5.92 Å². The van der Waals surface area contributed by atoms with Crippen molar-refractivity contribution in [2.45, 2.75) is 52.0 Å². The Hall–Kier alpha value is -1.38. The molecule has 2 rings (SSSR count). The average molecular weight is 262 g/mol. The van der Waals surface area contributed by atoms with Gasteiger partial charge >= 0.3 is 0 Å². The molecule has 0 aromatic heterocycles. The van der Waals surface area contributed by atoms with Crippen molar-refractivity contribution in [1.29, 1.82) is 0 Å². The summed E-state index contributed by atoms with van der Waals surface area (Å²) in [7, 11) is 0. The molecule has 0 spiro atoms. The lowest BCUT2D eigenvalue weighted by atomic mass is 10.0. The second-order valence-electron chi connectivity index (χ2n) is 5.64. The standard InChI is InChI=1S/C16H26N2O/c1-3-19-16-11-14(9-10-15(16)17)18-13-6-4-5-12(2)7-8-13/h9-13,18H,3-8,17H2,1-2H3. The fourth-order valence-corrected chi connectivity index (χ4v) is 2.77. The van der Waals surface area contributed by atoms with Crippen molar-refractivity contribution in [2.75, 3.05) is 17.7 Å². The minimum absolute atomic E-state index is 0.586. The maximum Gasteiger partial charge on any atom is 0.144 e. The van der Waals surface area contributed by atoms with E-state index in [-0.39, 0.29) is 0 Å². The maximum absolute atomic E-state index is 5.90. The normalized spacial score (nSPS) is 23.7. The van der Waals surface area contributed by atoms with E-state index in [2.05, 4.69) is 12.2 Å². The fourth-order valence-electron chi connectivity index (χ4n) is 2.77. The molecular weight excluding hydrogens is 236 g/mol.